The van der Waals surface area contributed by atoms with E-state index in [9.17, 15) is 0 Å². The molecule has 0 aliphatic carbocycles. The Hall–Kier alpha value is -2.55. The molecule has 23 heavy (non-hydrogen) atoms. The molecule has 3 N–H and O–H groups in total. The molecule has 0 saturated heterocycles. The van der Waals surface area contributed by atoms with Gasteiger partial charge in [0.15, 0.2) is 0 Å². The Morgan fingerprint density at radius 2 is 1.74 bits per heavy atom. The van der Waals surface area contributed by atoms with Crippen LogP contribution < -0.4 is 5.84 Å². The molecule has 3 rings (SSSR count). The number of aromatic nitrogens is 1. The number of nitrogens with one attached hydrogen (secondary N) is 1. The minimum Gasteiger partial charge on any atom is -0.361 e. The highest BCUT2D eigenvalue weighted by Crippen LogP contribution is 2.25. The molecule has 0 saturated carbocycles. The Labute approximate surface area is 137 Å². The summed E-state index contributed by atoms with van der Waals surface area (Å²) in [5, 5.41) is 5.29. The van der Waals surface area contributed by atoms with Crippen LogP contribution in [0.4, 0.5) is 0 Å². The first-order valence-corrected chi connectivity index (χ1v) is 7.92. The maximum Gasteiger partial charge on any atom is 0.0723 e. The SMILES string of the molecule is Cc1cc(C)c(C)c(CC(=NN)c2cccc3[nH]ccc23)c1C. The van der Waals surface area contributed by atoms with Crippen LogP contribution in [0.3, 0.4) is 0 Å². The third-order valence-electron chi connectivity index (χ3n) is 4.93. The van der Waals surface area contributed by atoms with E-state index >= 15 is 0 Å². The van der Waals surface area contributed by atoms with Gasteiger partial charge in [0.2, 0.25) is 0 Å². The van der Waals surface area contributed by atoms with Crippen LogP contribution in [0.15, 0.2) is 41.6 Å². The summed E-state index contributed by atoms with van der Waals surface area (Å²) in [6.45, 7) is 8.69. The molecule has 0 amide bonds. The van der Waals surface area contributed by atoms with Gasteiger partial charge in [-0.1, -0.05) is 18.2 Å². The number of fused-ring (bicyclic) bond motifs is 1. The van der Waals surface area contributed by atoms with E-state index in [0.717, 1.165) is 28.6 Å². The van der Waals surface area contributed by atoms with E-state index in [4.69, 9.17) is 5.84 Å². The van der Waals surface area contributed by atoms with E-state index in [0.29, 0.717) is 0 Å². The van der Waals surface area contributed by atoms with Crippen LogP contribution in [0, 0.1) is 27.7 Å². The first kappa shape index (κ1) is 15.3. The quantitative estimate of drug-likeness (QED) is 0.423. The molecular weight excluding hydrogens is 282 g/mol. The van der Waals surface area contributed by atoms with E-state index in [1.54, 1.807) is 0 Å². The predicted molar refractivity (Wildman–Crippen MR) is 98.1 cm³/mol. The van der Waals surface area contributed by atoms with Gasteiger partial charge < -0.3 is 10.8 Å². The van der Waals surface area contributed by atoms with Gasteiger partial charge in [0.25, 0.3) is 0 Å². The molecule has 0 aliphatic rings. The lowest BCUT2D eigenvalue weighted by Gasteiger charge is -2.16. The summed E-state index contributed by atoms with van der Waals surface area (Å²) in [6, 6.07) is 10.5. The average molecular weight is 305 g/mol. The molecule has 0 aliphatic heterocycles. The predicted octanol–water partition coefficient (Wildman–Crippen LogP) is 4.31. The summed E-state index contributed by atoms with van der Waals surface area (Å²) in [7, 11) is 0. The van der Waals surface area contributed by atoms with Crippen molar-refractivity contribution in [1.29, 1.82) is 0 Å². The summed E-state index contributed by atoms with van der Waals surface area (Å²) < 4.78 is 0. The first-order chi connectivity index (χ1) is 11.0. The molecule has 3 heteroatoms. The van der Waals surface area contributed by atoms with Crippen molar-refractivity contribution in [2.24, 2.45) is 10.9 Å². The molecule has 1 aromatic heterocycles. The molecule has 0 fully saturated rings. The van der Waals surface area contributed by atoms with E-state index in [1.165, 1.54) is 27.8 Å². The highest BCUT2D eigenvalue weighted by atomic mass is 15.1. The number of nitrogens with two attached hydrogens (primary N) is 1. The standard InChI is InChI=1S/C20H23N3/c1-12-10-13(2)15(4)18(14(12)3)11-20(23-21)16-6-5-7-19-17(16)8-9-22-19/h5-10,22H,11,21H2,1-4H3. The topological polar surface area (TPSA) is 54.2 Å². The lowest BCUT2D eigenvalue weighted by Crippen LogP contribution is -2.12. The Morgan fingerprint density at radius 3 is 2.39 bits per heavy atom. The second kappa shape index (κ2) is 5.92. The van der Waals surface area contributed by atoms with Crippen LogP contribution in [-0.2, 0) is 6.42 Å². The van der Waals surface area contributed by atoms with Gasteiger partial charge in [-0.2, -0.15) is 5.10 Å². The molecule has 3 aromatic rings. The molecule has 3 nitrogen and oxygen atoms in total. The number of H-pyrrole nitrogens is 1. The maximum atomic E-state index is 5.77. The number of benzene rings is 2. The number of rotatable bonds is 3. The molecule has 0 bridgehead atoms. The summed E-state index contributed by atoms with van der Waals surface area (Å²) in [5.41, 5.74) is 9.76. The van der Waals surface area contributed by atoms with E-state index < -0.39 is 0 Å². The number of hydrogen-bond donors (Lipinski definition) is 2. The zero-order chi connectivity index (χ0) is 16.6. The molecule has 118 valence electrons. The molecule has 1 heterocycles. The highest BCUT2D eigenvalue weighted by Gasteiger charge is 2.14. The summed E-state index contributed by atoms with van der Waals surface area (Å²) >= 11 is 0. The van der Waals surface area contributed by atoms with Crippen LogP contribution in [0.1, 0.15) is 33.4 Å². The van der Waals surface area contributed by atoms with Gasteiger partial charge in [-0.25, -0.2) is 0 Å². The zero-order valence-electron chi connectivity index (χ0n) is 14.2. The second-order valence-electron chi connectivity index (χ2n) is 6.24. The average Bonchev–Trinajstić information content (AvgIpc) is 3.02. The van der Waals surface area contributed by atoms with Gasteiger partial charge in [0.05, 0.1) is 5.71 Å². The van der Waals surface area contributed by atoms with Crippen molar-refractivity contribution in [3.63, 3.8) is 0 Å². The molecule has 0 radical (unpaired) electrons. The van der Waals surface area contributed by atoms with Crippen molar-refractivity contribution in [2.45, 2.75) is 34.1 Å². The number of aryl methyl sites for hydroxylation is 2. The van der Waals surface area contributed by atoms with Crippen LogP contribution in [0.25, 0.3) is 10.9 Å². The highest BCUT2D eigenvalue weighted by molar-refractivity contribution is 6.11. The fourth-order valence-electron chi connectivity index (χ4n) is 3.28. The van der Waals surface area contributed by atoms with Gasteiger partial charge in [-0.15, -0.1) is 0 Å². The maximum absolute atomic E-state index is 5.77. The van der Waals surface area contributed by atoms with Crippen molar-refractivity contribution in [1.82, 2.24) is 4.98 Å². The van der Waals surface area contributed by atoms with Gasteiger partial charge in [-0.3, -0.25) is 0 Å². The van der Waals surface area contributed by atoms with E-state index in [1.807, 2.05) is 12.3 Å². The van der Waals surface area contributed by atoms with Gasteiger partial charge in [0.1, 0.15) is 0 Å². The van der Waals surface area contributed by atoms with Crippen LogP contribution in [-0.4, -0.2) is 10.7 Å². The molecular formula is C20H23N3. The van der Waals surface area contributed by atoms with Crippen LogP contribution >= 0.6 is 0 Å². The largest absolute Gasteiger partial charge is 0.361 e. The Bertz CT molecular complexity index is 874. The lowest BCUT2D eigenvalue weighted by molar-refractivity contribution is 1.12. The first-order valence-electron chi connectivity index (χ1n) is 7.92. The van der Waals surface area contributed by atoms with E-state index in [-0.39, 0.29) is 0 Å². The van der Waals surface area contributed by atoms with Crippen molar-refractivity contribution < 1.29 is 0 Å². The number of aromatic amines is 1. The third kappa shape index (κ3) is 2.63. The monoisotopic (exact) mass is 305 g/mol. The van der Waals surface area contributed by atoms with E-state index in [2.05, 4.69) is 62.0 Å². The summed E-state index contributed by atoms with van der Waals surface area (Å²) in [6.07, 6.45) is 2.70. The minimum atomic E-state index is 0.751. The van der Waals surface area contributed by atoms with Gasteiger partial charge >= 0.3 is 0 Å². The molecule has 0 atom stereocenters. The fourth-order valence-corrected chi connectivity index (χ4v) is 3.28. The van der Waals surface area contributed by atoms with Crippen molar-refractivity contribution in [3.05, 3.63) is 69.9 Å². The number of hydrazone groups is 1. The van der Waals surface area contributed by atoms with Crippen molar-refractivity contribution in [2.75, 3.05) is 0 Å². The smallest absolute Gasteiger partial charge is 0.0723 e. The normalized spacial score (nSPS) is 12.1. The Morgan fingerprint density at radius 1 is 1.04 bits per heavy atom. The lowest BCUT2D eigenvalue weighted by atomic mass is 9.89. The Balaban J connectivity index is 2.10. The number of hydrogen-bond acceptors (Lipinski definition) is 2. The van der Waals surface area contributed by atoms with Crippen molar-refractivity contribution in [3.8, 4) is 0 Å². The summed E-state index contributed by atoms with van der Waals surface area (Å²) in [5.74, 6) is 5.77. The fraction of sp³-hybridized carbons (Fsp3) is 0.250. The molecule has 0 unspecified atom stereocenters. The minimum absolute atomic E-state index is 0.751. The third-order valence-corrected chi connectivity index (χ3v) is 4.93. The van der Waals surface area contributed by atoms with Crippen LogP contribution in [0.5, 0.6) is 0 Å². The second-order valence-corrected chi connectivity index (χ2v) is 6.24. The molecule has 2 aromatic carbocycles. The number of nitrogens with zero attached hydrogens (tertiary/aromatic N) is 1. The van der Waals surface area contributed by atoms with Gasteiger partial charge in [-0.05, 0) is 67.6 Å². The van der Waals surface area contributed by atoms with Crippen LogP contribution in [0.2, 0.25) is 0 Å². The van der Waals surface area contributed by atoms with Crippen molar-refractivity contribution >= 4 is 16.6 Å². The summed E-state index contributed by atoms with van der Waals surface area (Å²) in [4.78, 5) is 3.25. The Kier molecular flexibility index (Phi) is 3.95. The molecule has 0 spiro atoms. The van der Waals surface area contributed by atoms with Gasteiger partial charge in [0, 0.05) is 29.1 Å². The zero-order valence-corrected chi connectivity index (χ0v) is 14.2.